The van der Waals surface area contributed by atoms with Crippen molar-refractivity contribution >= 4 is 17.6 Å². The highest BCUT2D eigenvalue weighted by Gasteiger charge is 2.57. The van der Waals surface area contributed by atoms with Gasteiger partial charge in [-0.05, 0) is 57.7 Å². The number of nitrogens with zero attached hydrogens (tertiary/aromatic N) is 1. The molecule has 3 fully saturated rings. The SMILES string of the molecule is CCCCCCCCCCCCO[C@H]1O[C@H]([C@H](C)NC(=O)Nc2ccc(CC(=O)N3CCCCCC3)cc2)[C@@H]2OC(C)(C)O[C@H]12. The van der Waals surface area contributed by atoms with Gasteiger partial charge in [-0.15, -0.1) is 0 Å². The van der Waals surface area contributed by atoms with Gasteiger partial charge in [-0.3, -0.25) is 4.79 Å². The zero-order valence-electron chi connectivity index (χ0n) is 28.3. The molecular formula is C36H59N3O6. The van der Waals surface area contributed by atoms with Gasteiger partial charge in [0.15, 0.2) is 12.1 Å². The Morgan fingerprint density at radius 1 is 0.889 bits per heavy atom. The molecule has 45 heavy (non-hydrogen) atoms. The molecule has 1 aromatic carbocycles. The Balaban J connectivity index is 1.18. The Bertz CT molecular complexity index is 1030. The van der Waals surface area contributed by atoms with Crippen molar-refractivity contribution in [1.82, 2.24) is 10.2 Å². The Morgan fingerprint density at radius 2 is 1.49 bits per heavy atom. The molecule has 3 aliphatic heterocycles. The molecule has 3 saturated heterocycles. The summed E-state index contributed by atoms with van der Waals surface area (Å²) in [5, 5.41) is 5.92. The van der Waals surface area contributed by atoms with Crippen LogP contribution in [0.3, 0.4) is 0 Å². The summed E-state index contributed by atoms with van der Waals surface area (Å²) in [4.78, 5) is 27.6. The number of amides is 3. The summed E-state index contributed by atoms with van der Waals surface area (Å²) in [5.74, 6) is -0.569. The molecule has 9 heteroatoms. The number of anilines is 1. The molecule has 0 radical (unpaired) electrons. The van der Waals surface area contributed by atoms with Crippen LogP contribution in [0.5, 0.6) is 0 Å². The Labute approximate surface area is 271 Å². The van der Waals surface area contributed by atoms with Crippen molar-refractivity contribution in [1.29, 1.82) is 0 Å². The minimum Gasteiger partial charge on any atom is -0.350 e. The molecule has 0 saturated carbocycles. The van der Waals surface area contributed by atoms with Crippen molar-refractivity contribution in [2.45, 2.75) is 160 Å². The molecule has 3 amide bonds. The summed E-state index contributed by atoms with van der Waals surface area (Å²) in [7, 11) is 0. The van der Waals surface area contributed by atoms with Gasteiger partial charge in [0, 0.05) is 25.4 Å². The van der Waals surface area contributed by atoms with Crippen molar-refractivity contribution in [3.63, 3.8) is 0 Å². The first-order valence-electron chi connectivity index (χ1n) is 17.8. The predicted octanol–water partition coefficient (Wildman–Crippen LogP) is 7.32. The van der Waals surface area contributed by atoms with E-state index in [-0.39, 0.29) is 30.2 Å². The van der Waals surface area contributed by atoms with Crippen molar-refractivity contribution in [2.24, 2.45) is 0 Å². The van der Waals surface area contributed by atoms with Gasteiger partial charge in [0.1, 0.15) is 18.3 Å². The fourth-order valence-electron chi connectivity index (χ4n) is 6.69. The number of unbranched alkanes of at least 4 members (excludes halogenated alkanes) is 9. The zero-order valence-corrected chi connectivity index (χ0v) is 28.3. The van der Waals surface area contributed by atoms with E-state index in [1.807, 2.05) is 49.9 Å². The largest absolute Gasteiger partial charge is 0.350 e. The average Bonchev–Trinajstić information content (AvgIpc) is 3.34. The third kappa shape index (κ3) is 11.5. The number of rotatable bonds is 17. The van der Waals surface area contributed by atoms with Gasteiger partial charge >= 0.3 is 6.03 Å². The molecular weight excluding hydrogens is 570 g/mol. The van der Waals surface area contributed by atoms with Crippen LogP contribution in [0.4, 0.5) is 10.5 Å². The van der Waals surface area contributed by atoms with Crippen molar-refractivity contribution in [3.8, 4) is 0 Å². The number of urea groups is 1. The van der Waals surface area contributed by atoms with Gasteiger partial charge in [-0.1, -0.05) is 89.7 Å². The lowest BCUT2D eigenvalue weighted by atomic mass is 10.1. The molecule has 3 aliphatic rings. The molecule has 5 atom stereocenters. The smallest absolute Gasteiger partial charge is 0.319 e. The first-order valence-corrected chi connectivity index (χ1v) is 17.8. The highest BCUT2D eigenvalue weighted by Crippen LogP contribution is 2.40. The summed E-state index contributed by atoms with van der Waals surface area (Å²) >= 11 is 0. The second-order valence-corrected chi connectivity index (χ2v) is 13.6. The lowest BCUT2D eigenvalue weighted by Gasteiger charge is -2.27. The van der Waals surface area contributed by atoms with E-state index in [0.29, 0.717) is 18.7 Å². The predicted molar refractivity (Wildman–Crippen MR) is 177 cm³/mol. The van der Waals surface area contributed by atoms with Crippen LogP contribution in [0, 0.1) is 0 Å². The van der Waals surface area contributed by atoms with Crippen LogP contribution in [0.15, 0.2) is 24.3 Å². The fraction of sp³-hybridized carbons (Fsp3) is 0.778. The van der Waals surface area contributed by atoms with Crippen LogP contribution < -0.4 is 10.6 Å². The maximum absolute atomic E-state index is 12.9. The van der Waals surface area contributed by atoms with Crippen LogP contribution in [-0.4, -0.2) is 73.0 Å². The molecule has 2 N–H and O–H groups in total. The molecule has 0 aromatic heterocycles. The van der Waals surface area contributed by atoms with Crippen LogP contribution in [0.2, 0.25) is 0 Å². The van der Waals surface area contributed by atoms with E-state index in [4.69, 9.17) is 18.9 Å². The number of carbonyl (C=O) groups excluding carboxylic acids is 2. The van der Waals surface area contributed by atoms with Crippen LogP contribution >= 0.6 is 0 Å². The van der Waals surface area contributed by atoms with Gasteiger partial charge in [0.05, 0.1) is 12.5 Å². The summed E-state index contributed by atoms with van der Waals surface area (Å²) in [5.41, 5.74) is 1.61. The Morgan fingerprint density at radius 3 is 2.13 bits per heavy atom. The summed E-state index contributed by atoms with van der Waals surface area (Å²) in [6.07, 6.45) is 16.0. The fourth-order valence-corrected chi connectivity index (χ4v) is 6.69. The van der Waals surface area contributed by atoms with E-state index >= 15 is 0 Å². The lowest BCUT2D eigenvalue weighted by Crippen LogP contribution is -2.48. The summed E-state index contributed by atoms with van der Waals surface area (Å²) in [6, 6.07) is 6.82. The van der Waals surface area contributed by atoms with E-state index in [0.717, 1.165) is 44.3 Å². The number of fused-ring (bicyclic) bond motifs is 1. The van der Waals surface area contributed by atoms with E-state index in [1.165, 1.54) is 64.2 Å². The van der Waals surface area contributed by atoms with Gasteiger partial charge in [0.2, 0.25) is 5.91 Å². The highest BCUT2D eigenvalue weighted by molar-refractivity contribution is 5.89. The molecule has 3 heterocycles. The lowest BCUT2D eigenvalue weighted by molar-refractivity contribution is -0.235. The summed E-state index contributed by atoms with van der Waals surface area (Å²) in [6.45, 7) is 10.3. The van der Waals surface area contributed by atoms with E-state index < -0.39 is 18.2 Å². The first-order chi connectivity index (χ1) is 21.8. The number of likely N-dealkylation sites (tertiary alicyclic amines) is 1. The molecule has 0 bridgehead atoms. The van der Waals surface area contributed by atoms with Gasteiger partial charge in [0.25, 0.3) is 0 Å². The van der Waals surface area contributed by atoms with E-state index in [1.54, 1.807) is 0 Å². The quantitative estimate of drug-likeness (QED) is 0.175. The minimum atomic E-state index is -0.742. The maximum atomic E-state index is 12.9. The molecule has 9 nitrogen and oxygen atoms in total. The molecule has 1 aromatic rings. The third-order valence-electron chi connectivity index (χ3n) is 9.20. The standard InChI is InChI=1S/C36H59N3O6/c1-5-6-7-8-9-10-11-12-15-18-25-42-34-33-32(44-36(3,4)45-33)31(43-34)27(2)37-35(41)38-29-21-19-28(20-22-29)26-30(40)39-23-16-13-14-17-24-39/h19-22,27,31-34H,5-18,23-26H2,1-4H3,(H2,37,38,41)/t27-,31+,32-,33-,34-/m0/s1. The van der Waals surface area contributed by atoms with Crippen molar-refractivity contribution < 1.29 is 28.5 Å². The van der Waals surface area contributed by atoms with E-state index in [2.05, 4.69) is 17.6 Å². The number of nitrogens with one attached hydrogen (secondary N) is 2. The minimum absolute atomic E-state index is 0.172. The third-order valence-corrected chi connectivity index (χ3v) is 9.20. The monoisotopic (exact) mass is 629 g/mol. The Kier molecular flexibility index (Phi) is 14.4. The number of hydrogen-bond donors (Lipinski definition) is 2. The van der Waals surface area contributed by atoms with Crippen molar-refractivity contribution in [2.75, 3.05) is 25.0 Å². The van der Waals surface area contributed by atoms with Crippen LogP contribution in [-0.2, 0) is 30.2 Å². The summed E-state index contributed by atoms with van der Waals surface area (Å²) < 4.78 is 24.8. The molecule has 254 valence electrons. The van der Waals surface area contributed by atoms with Gasteiger partial charge in [-0.25, -0.2) is 4.79 Å². The van der Waals surface area contributed by atoms with Crippen LogP contribution in [0.25, 0.3) is 0 Å². The number of benzene rings is 1. The highest BCUT2D eigenvalue weighted by atomic mass is 16.8. The van der Waals surface area contributed by atoms with Gasteiger partial charge in [-0.2, -0.15) is 0 Å². The van der Waals surface area contributed by atoms with Crippen molar-refractivity contribution in [3.05, 3.63) is 29.8 Å². The second kappa shape index (κ2) is 18.2. The Hall–Kier alpha value is -2.20. The normalized spacial score (nSPS) is 25.0. The number of hydrogen-bond acceptors (Lipinski definition) is 6. The zero-order chi connectivity index (χ0) is 32.1. The molecule has 0 unspecified atom stereocenters. The average molecular weight is 630 g/mol. The second-order valence-electron chi connectivity index (χ2n) is 13.6. The van der Waals surface area contributed by atoms with E-state index in [9.17, 15) is 9.59 Å². The molecule has 0 aliphatic carbocycles. The maximum Gasteiger partial charge on any atom is 0.319 e. The molecule has 4 rings (SSSR count). The number of ether oxygens (including phenoxy) is 4. The number of carbonyl (C=O) groups is 2. The topological polar surface area (TPSA) is 98.4 Å². The molecule has 0 spiro atoms. The van der Waals surface area contributed by atoms with Gasteiger partial charge < -0.3 is 34.5 Å². The first kappa shape index (κ1) is 35.7. The van der Waals surface area contributed by atoms with Crippen LogP contribution in [0.1, 0.15) is 123 Å².